The molecule has 0 bridgehead atoms. The highest BCUT2D eigenvalue weighted by atomic mass is 16.5. The van der Waals surface area contributed by atoms with Crippen molar-refractivity contribution in [3.63, 3.8) is 0 Å². The molecule has 0 radical (unpaired) electrons. The molecule has 0 heterocycles. The summed E-state index contributed by atoms with van der Waals surface area (Å²) in [5.74, 6) is 0.587. The van der Waals surface area contributed by atoms with E-state index in [4.69, 9.17) is 10.5 Å². The molecule has 98 valence electrons. The molecule has 0 amide bonds. The maximum absolute atomic E-state index is 5.38. The Hall–Kier alpha value is -1.18. The third-order valence-corrected chi connectivity index (χ3v) is 1.15. The lowest BCUT2D eigenvalue weighted by Gasteiger charge is -2.00. The van der Waals surface area contributed by atoms with Gasteiger partial charge >= 0.3 is 0 Å². The molecule has 0 aromatic heterocycles. The molecule has 0 saturated heterocycles. The van der Waals surface area contributed by atoms with Crippen LogP contribution in [-0.4, -0.2) is 7.11 Å². The number of rotatable bonds is 3. The fourth-order valence-electron chi connectivity index (χ4n) is 0.393. The molecule has 2 nitrogen and oxygen atoms in total. The second-order valence-corrected chi connectivity index (χ2v) is 2.73. The van der Waals surface area contributed by atoms with E-state index in [0.717, 1.165) is 5.57 Å². The SMILES string of the molecule is C.C=C(/C=C(/C)C(=C)N)OC.CC.CCC. The van der Waals surface area contributed by atoms with Crippen molar-refractivity contribution in [2.45, 2.75) is 48.5 Å². The van der Waals surface area contributed by atoms with E-state index in [0.29, 0.717) is 11.5 Å². The van der Waals surface area contributed by atoms with Gasteiger partial charge in [-0.15, -0.1) is 0 Å². The molecule has 0 aliphatic rings. The van der Waals surface area contributed by atoms with E-state index in [2.05, 4.69) is 27.0 Å². The summed E-state index contributed by atoms with van der Waals surface area (Å²) in [4.78, 5) is 0. The summed E-state index contributed by atoms with van der Waals surface area (Å²) >= 11 is 0. The van der Waals surface area contributed by atoms with Crippen molar-refractivity contribution in [2.24, 2.45) is 5.73 Å². The molecule has 2 heteroatoms. The van der Waals surface area contributed by atoms with Crippen LogP contribution in [0.3, 0.4) is 0 Å². The Balaban J connectivity index is -0.000000104. The van der Waals surface area contributed by atoms with Crippen LogP contribution in [0.1, 0.15) is 48.5 Å². The molecule has 0 unspecified atom stereocenters. The molecule has 0 atom stereocenters. The Morgan fingerprint density at radius 1 is 1.25 bits per heavy atom. The van der Waals surface area contributed by atoms with Crippen LogP contribution in [0, 0.1) is 0 Å². The van der Waals surface area contributed by atoms with Gasteiger partial charge in [0.2, 0.25) is 0 Å². The Morgan fingerprint density at radius 3 is 1.75 bits per heavy atom. The normalized spacial score (nSPS) is 8.25. The fourth-order valence-corrected chi connectivity index (χ4v) is 0.393. The van der Waals surface area contributed by atoms with E-state index in [1.807, 2.05) is 20.8 Å². The molecule has 2 N–H and O–H groups in total. The smallest absolute Gasteiger partial charge is 0.112 e. The summed E-state index contributed by atoms with van der Waals surface area (Å²) in [6, 6.07) is 0. The zero-order valence-electron chi connectivity index (χ0n) is 11.2. The van der Waals surface area contributed by atoms with Gasteiger partial charge in [0.15, 0.2) is 0 Å². The van der Waals surface area contributed by atoms with Crippen molar-refractivity contribution in [1.29, 1.82) is 0 Å². The fraction of sp³-hybridized carbons (Fsp3) is 0.571. The van der Waals surface area contributed by atoms with Crippen molar-refractivity contribution in [3.05, 3.63) is 36.3 Å². The van der Waals surface area contributed by atoms with Gasteiger partial charge in [-0.3, -0.25) is 0 Å². The molecular weight excluding hydrogens is 198 g/mol. The Bertz CT molecular complexity index is 193. The second kappa shape index (κ2) is 19.4. The first-order valence-electron chi connectivity index (χ1n) is 5.35. The van der Waals surface area contributed by atoms with Gasteiger partial charge in [0.25, 0.3) is 0 Å². The lowest BCUT2D eigenvalue weighted by molar-refractivity contribution is 0.308. The molecule has 0 aliphatic carbocycles. The second-order valence-electron chi connectivity index (χ2n) is 2.73. The summed E-state index contributed by atoms with van der Waals surface area (Å²) in [7, 11) is 1.56. The molecular formula is C14H31NO. The van der Waals surface area contributed by atoms with E-state index in [9.17, 15) is 0 Å². The van der Waals surface area contributed by atoms with Crippen LogP contribution in [0.15, 0.2) is 36.3 Å². The largest absolute Gasteiger partial charge is 0.497 e. The van der Waals surface area contributed by atoms with Gasteiger partial charge in [-0.1, -0.05) is 54.7 Å². The minimum absolute atomic E-state index is 0. The summed E-state index contributed by atoms with van der Waals surface area (Å²) in [5, 5.41) is 0. The standard InChI is InChI=1S/C8H13NO.C3H8.C2H6.CH4/c1-6(8(3)9)5-7(2)10-4;1-3-2;1-2;/h5H,2-3,9H2,1,4H3;3H2,1-2H3;1-2H3;1H4/b6-5-;;;. The monoisotopic (exact) mass is 229 g/mol. The number of hydrogen-bond donors (Lipinski definition) is 1. The maximum Gasteiger partial charge on any atom is 0.112 e. The van der Waals surface area contributed by atoms with E-state index in [1.165, 1.54) is 6.42 Å². The van der Waals surface area contributed by atoms with Crippen LogP contribution in [-0.2, 0) is 4.74 Å². The Kier molecular flexibility index (Phi) is 29.3. The number of ether oxygens (including phenoxy) is 1. The van der Waals surface area contributed by atoms with Crippen molar-refractivity contribution >= 4 is 0 Å². The van der Waals surface area contributed by atoms with Crippen molar-refractivity contribution in [2.75, 3.05) is 7.11 Å². The van der Waals surface area contributed by atoms with Gasteiger partial charge in [0, 0.05) is 5.70 Å². The average molecular weight is 229 g/mol. The number of allylic oxidation sites excluding steroid dienone is 2. The first-order valence-corrected chi connectivity index (χ1v) is 5.35. The lowest BCUT2D eigenvalue weighted by Crippen LogP contribution is -1.96. The third kappa shape index (κ3) is 23.0. The molecule has 0 aromatic rings. The van der Waals surface area contributed by atoms with Crippen LogP contribution in [0.5, 0.6) is 0 Å². The van der Waals surface area contributed by atoms with Crippen LogP contribution < -0.4 is 5.73 Å². The predicted molar refractivity (Wildman–Crippen MR) is 77.3 cm³/mol. The summed E-state index contributed by atoms with van der Waals surface area (Å²) in [6.45, 7) is 17.3. The van der Waals surface area contributed by atoms with E-state index in [-0.39, 0.29) is 7.43 Å². The molecule has 0 saturated carbocycles. The van der Waals surface area contributed by atoms with Gasteiger partial charge < -0.3 is 10.5 Å². The Morgan fingerprint density at radius 2 is 1.56 bits per heavy atom. The highest BCUT2D eigenvalue weighted by molar-refractivity contribution is 5.28. The van der Waals surface area contributed by atoms with Gasteiger partial charge in [-0.25, -0.2) is 0 Å². The van der Waals surface area contributed by atoms with E-state index >= 15 is 0 Å². The number of hydrogen-bond acceptors (Lipinski definition) is 2. The molecule has 0 fully saturated rings. The first kappa shape index (κ1) is 24.2. The van der Waals surface area contributed by atoms with Crippen molar-refractivity contribution in [1.82, 2.24) is 0 Å². The molecule has 0 rings (SSSR count). The highest BCUT2D eigenvalue weighted by Crippen LogP contribution is 2.04. The zero-order chi connectivity index (χ0) is 12.9. The lowest BCUT2D eigenvalue weighted by atomic mass is 10.2. The van der Waals surface area contributed by atoms with Gasteiger partial charge in [0.1, 0.15) is 5.76 Å². The van der Waals surface area contributed by atoms with Crippen LogP contribution in [0.2, 0.25) is 0 Å². The quantitative estimate of drug-likeness (QED) is 0.565. The van der Waals surface area contributed by atoms with Gasteiger partial charge in [0.05, 0.1) is 7.11 Å². The zero-order valence-corrected chi connectivity index (χ0v) is 11.2. The van der Waals surface area contributed by atoms with Crippen LogP contribution >= 0.6 is 0 Å². The molecule has 0 aromatic carbocycles. The molecule has 0 spiro atoms. The summed E-state index contributed by atoms with van der Waals surface area (Å²) in [6.07, 6.45) is 2.99. The number of nitrogens with two attached hydrogens (primary N) is 1. The molecule has 16 heavy (non-hydrogen) atoms. The minimum Gasteiger partial charge on any atom is -0.497 e. The summed E-state index contributed by atoms with van der Waals surface area (Å²) in [5.41, 5.74) is 6.80. The topological polar surface area (TPSA) is 35.2 Å². The van der Waals surface area contributed by atoms with Crippen molar-refractivity contribution < 1.29 is 4.74 Å². The number of methoxy groups -OCH3 is 1. The van der Waals surface area contributed by atoms with Crippen molar-refractivity contribution in [3.8, 4) is 0 Å². The van der Waals surface area contributed by atoms with Crippen LogP contribution in [0.4, 0.5) is 0 Å². The first-order chi connectivity index (χ1) is 6.99. The van der Waals surface area contributed by atoms with Crippen LogP contribution in [0.25, 0.3) is 0 Å². The molecule has 0 aliphatic heterocycles. The highest BCUT2D eigenvalue weighted by Gasteiger charge is 1.90. The minimum atomic E-state index is 0. The third-order valence-electron chi connectivity index (χ3n) is 1.15. The Labute approximate surface area is 103 Å². The van der Waals surface area contributed by atoms with E-state index < -0.39 is 0 Å². The van der Waals surface area contributed by atoms with Gasteiger partial charge in [-0.2, -0.15) is 0 Å². The van der Waals surface area contributed by atoms with E-state index in [1.54, 1.807) is 13.2 Å². The summed E-state index contributed by atoms with van der Waals surface area (Å²) < 4.78 is 4.80. The predicted octanol–water partition coefficient (Wildman–Crippen LogP) is 4.64. The maximum atomic E-state index is 5.38. The van der Waals surface area contributed by atoms with Gasteiger partial charge in [-0.05, 0) is 18.6 Å². The average Bonchev–Trinajstić information content (AvgIpc) is 2.21.